The predicted octanol–water partition coefficient (Wildman–Crippen LogP) is 2.15. The minimum absolute atomic E-state index is 0.0140. The highest BCUT2D eigenvalue weighted by atomic mass is 35.5. The van der Waals surface area contributed by atoms with E-state index >= 15 is 0 Å². The van der Waals surface area contributed by atoms with Crippen LogP contribution < -0.4 is 9.80 Å². The quantitative estimate of drug-likeness (QED) is 0.767. The Kier molecular flexibility index (Phi) is 5.61. The molecule has 2 aliphatic rings. The number of anilines is 2. The molecule has 0 radical (unpaired) electrons. The molecule has 0 atom stereocenters. The van der Waals surface area contributed by atoms with Crippen LogP contribution in [0.4, 0.5) is 11.8 Å². The SMILES string of the molecule is CN1CCN(c2nc3c(c(N(C)C)n2)CN(C(=O)c2ccc(Cl)cc2)CC3)CC1. The molecule has 0 saturated carbocycles. The lowest BCUT2D eigenvalue weighted by Crippen LogP contribution is -2.45. The van der Waals surface area contributed by atoms with Crippen LogP contribution in [0.3, 0.4) is 0 Å². The summed E-state index contributed by atoms with van der Waals surface area (Å²) in [5.41, 5.74) is 2.75. The topological polar surface area (TPSA) is 55.8 Å². The number of nitrogens with zero attached hydrogens (tertiary/aromatic N) is 6. The highest BCUT2D eigenvalue weighted by Gasteiger charge is 2.28. The van der Waals surface area contributed by atoms with E-state index in [-0.39, 0.29) is 5.91 Å². The van der Waals surface area contributed by atoms with Gasteiger partial charge in [0.2, 0.25) is 5.95 Å². The van der Waals surface area contributed by atoms with Gasteiger partial charge in [0, 0.05) is 69.4 Å². The van der Waals surface area contributed by atoms with Crippen LogP contribution in [0.1, 0.15) is 21.6 Å². The summed E-state index contributed by atoms with van der Waals surface area (Å²) in [4.78, 5) is 31.2. The molecule has 1 amide bonds. The van der Waals surface area contributed by atoms with E-state index in [4.69, 9.17) is 21.6 Å². The summed E-state index contributed by atoms with van der Waals surface area (Å²) in [6, 6.07) is 7.06. The van der Waals surface area contributed by atoms with E-state index in [1.807, 2.05) is 23.9 Å². The van der Waals surface area contributed by atoms with Gasteiger partial charge in [-0.3, -0.25) is 4.79 Å². The molecule has 1 aromatic heterocycles. The molecule has 1 saturated heterocycles. The number of benzene rings is 1. The first-order valence-electron chi connectivity index (χ1n) is 9.98. The first-order chi connectivity index (χ1) is 13.9. The molecule has 7 nitrogen and oxygen atoms in total. The van der Waals surface area contributed by atoms with Crippen molar-refractivity contribution in [2.45, 2.75) is 13.0 Å². The number of likely N-dealkylation sites (N-methyl/N-ethyl adjacent to an activating group) is 1. The van der Waals surface area contributed by atoms with Crippen molar-refractivity contribution in [2.75, 3.05) is 63.7 Å². The second kappa shape index (κ2) is 8.16. The number of carbonyl (C=O) groups excluding carboxylic acids is 1. The van der Waals surface area contributed by atoms with E-state index in [0.717, 1.165) is 55.6 Å². The van der Waals surface area contributed by atoms with Crippen molar-refractivity contribution in [3.63, 3.8) is 0 Å². The fourth-order valence-corrected chi connectivity index (χ4v) is 3.98. The molecule has 29 heavy (non-hydrogen) atoms. The number of fused-ring (bicyclic) bond motifs is 1. The minimum atomic E-state index is 0.0140. The Hall–Kier alpha value is -2.38. The first-order valence-corrected chi connectivity index (χ1v) is 10.4. The standard InChI is InChI=1S/C21H27ClN6O/c1-25(2)19-17-14-28(20(29)15-4-6-16(22)7-5-15)9-8-18(17)23-21(24-19)27-12-10-26(3)11-13-27/h4-7H,8-14H2,1-3H3. The number of aromatic nitrogens is 2. The van der Waals surface area contributed by atoms with Crippen molar-refractivity contribution in [1.82, 2.24) is 19.8 Å². The van der Waals surface area contributed by atoms with Crippen LogP contribution in [0.2, 0.25) is 5.02 Å². The molecular weight excluding hydrogens is 388 g/mol. The lowest BCUT2D eigenvalue weighted by molar-refractivity contribution is 0.0733. The zero-order valence-electron chi connectivity index (χ0n) is 17.2. The van der Waals surface area contributed by atoms with Gasteiger partial charge >= 0.3 is 0 Å². The number of rotatable bonds is 3. The summed E-state index contributed by atoms with van der Waals surface area (Å²) in [7, 11) is 6.13. The predicted molar refractivity (Wildman–Crippen MR) is 116 cm³/mol. The largest absolute Gasteiger partial charge is 0.362 e. The number of amides is 1. The normalized spacial score (nSPS) is 17.2. The number of hydrogen-bond acceptors (Lipinski definition) is 6. The van der Waals surface area contributed by atoms with Gasteiger partial charge < -0.3 is 19.6 Å². The van der Waals surface area contributed by atoms with Gasteiger partial charge in [-0.25, -0.2) is 4.98 Å². The Bertz CT molecular complexity index is 893. The molecule has 154 valence electrons. The van der Waals surface area contributed by atoms with E-state index in [2.05, 4.69) is 16.8 Å². The molecule has 0 aliphatic carbocycles. The fraction of sp³-hybridized carbons (Fsp3) is 0.476. The van der Waals surface area contributed by atoms with E-state index < -0.39 is 0 Å². The van der Waals surface area contributed by atoms with Gasteiger partial charge in [-0.05, 0) is 31.3 Å². The molecular formula is C21H27ClN6O. The van der Waals surface area contributed by atoms with Crippen LogP contribution in [0, 0.1) is 0 Å². The molecule has 0 bridgehead atoms. The Morgan fingerprint density at radius 1 is 1.03 bits per heavy atom. The smallest absolute Gasteiger partial charge is 0.254 e. The molecule has 2 aliphatic heterocycles. The third-order valence-corrected chi connectivity index (χ3v) is 5.87. The van der Waals surface area contributed by atoms with Crippen molar-refractivity contribution >= 4 is 29.3 Å². The van der Waals surface area contributed by atoms with Gasteiger partial charge in [0.25, 0.3) is 5.91 Å². The number of halogens is 1. The van der Waals surface area contributed by atoms with E-state index in [1.165, 1.54) is 0 Å². The summed E-state index contributed by atoms with van der Waals surface area (Å²) < 4.78 is 0. The summed E-state index contributed by atoms with van der Waals surface area (Å²) in [5, 5.41) is 0.630. The van der Waals surface area contributed by atoms with Crippen LogP contribution in [-0.2, 0) is 13.0 Å². The summed E-state index contributed by atoms with van der Waals surface area (Å²) >= 11 is 5.96. The molecule has 4 rings (SSSR count). The minimum Gasteiger partial charge on any atom is -0.362 e. The zero-order valence-corrected chi connectivity index (χ0v) is 18.0. The van der Waals surface area contributed by atoms with Crippen LogP contribution in [0.5, 0.6) is 0 Å². The Morgan fingerprint density at radius 3 is 2.38 bits per heavy atom. The van der Waals surface area contributed by atoms with E-state index in [1.54, 1.807) is 24.3 Å². The Labute approximate surface area is 176 Å². The van der Waals surface area contributed by atoms with Crippen molar-refractivity contribution < 1.29 is 4.79 Å². The lowest BCUT2D eigenvalue weighted by Gasteiger charge is -2.35. The molecule has 2 aromatic rings. The van der Waals surface area contributed by atoms with Crippen molar-refractivity contribution in [3.8, 4) is 0 Å². The Balaban J connectivity index is 1.60. The van der Waals surface area contributed by atoms with Crippen molar-refractivity contribution in [2.24, 2.45) is 0 Å². The van der Waals surface area contributed by atoms with Gasteiger partial charge in [-0.1, -0.05) is 11.6 Å². The highest BCUT2D eigenvalue weighted by Crippen LogP contribution is 2.29. The van der Waals surface area contributed by atoms with E-state index in [9.17, 15) is 4.79 Å². The summed E-state index contributed by atoms with van der Waals surface area (Å²) in [5.74, 6) is 1.72. The molecule has 0 N–H and O–H groups in total. The van der Waals surface area contributed by atoms with Crippen LogP contribution in [-0.4, -0.2) is 79.5 Å². The molecule has 1 fully saturated rings. The van der Waals surface area contributed by atoms with Crippen LogP contribution >= 0.6 is 11.6 Å². The van der Waals surface area contributed by atoms with Crippen LogP contribution in [0.25, 0.3) is 0 Å². The van der Waals surface area contributed by atoms with Crippen LogP contribution in [0.15, 0.2) is 24.3 Å². The average Bonchev–Trinajstić information content (AvgIpc) is 2.73. The van der Waals surface area contributed by atoms with Crippen molar-refractivity contribution in [1.29, 1.82) is 0 Å². The number of piperazine rings is 1. The molecule has 0 unspecified atom stereocenters. The monoisotopic (exact) mass is 414 g/mol. The molecule has 0 spiro atoms. The maximum Gasteiger partial charge on any atom is 0.254 e. The second-order valence-electron chi connectivity index (χ2n) is 7.94. The molecule has 8 heteroatoms. The summed E-state index contributed by atoms with van der Waals surface area (Å²) in [6.45, 7) is 5.07. The van der Waals surface area contributed by atoms with Gasteiger partial charge in [0.15, 0.2) is 0 Å². The fourth-order valence-electron chi connectivity index (χ4n) is 3.85. The van der Waals surface area contributed by atoms with Crippen molar-refractivity contribution in [3.05, 3.63) is 46.1 Å². The third-order valence-electron chi connectivity index (χ3n) is 5.61. The molecule has 3 heterocycles. The average molecular weight is 415 g/mol. The highest BCUT2D eigenvalue weighted by molar-refractivity contribution is 6.30. The second-order valence-corrected chi connectivity index (χ2v) is 8.38. The summed E-state index contributed by atoms with van der Waals surface area (Å²) in [6.07, 6.45) is 0.735. The third kappa shape index (κ3) is 4.16. The molecule has 1 aromatic carbocycles. The lowest BCUT2D eigenvalue weighted by atomic mass is 10.0. The van der Waals surface area contributed by atoms with Gasteiger partial charge in [0.1, 0.15) is 5.82 Å². The number of carbonyl (C=O) groups is 1. The van der Waals surface area contributed by atoms with Gasteiger partial charge in [-0.2, -0.15) is 4.98 Å². The maximum atomic E-state index is 13.0. The Morgan fingerprint density at radius 2 is 1.72 bits per heavy atom. The number of hydrogen-bond donors (Lipinski definition) is 0. The van der Waals surface area contributed by atoms with E-state index in [0.29, 0.717) is 23.7 Å². The van der Waals surface area contributed by atoms with Gasteiger partial charge in [0.05, 0.1) is 12.2 Å². The van der Waals surface area contributed by atoms with Gasteiger partial charge in [-0.15, -0.1) is 0 Å². The zero-order chi connectivity index (χ0) is 20.5. The first kappa shape index (κ1) is 19.9. The maximum absolute atomic E-state index is 13.0.